The molecular weight excluding hydrogens is 364 g/mol. The molecule has 0 radical (unpaired) electrons. The number of ketones is 1. The molecule has 0 bridgehead atoms. The Morgan fingerprint density at radius 3 is 2.18 bits per heavy atom. The van der Waals surface area contributed by atoms with Crippen molar-refractivity contribution in [2.24, 2.45) is 0 Å². The van der Waals surface area contributed by atoms with E-state index in [9.17, 15) is 9.90 Å². The summed E-state index contributed by atoms with van der Waals surface area (Å²) in [5.74, 6) is 0.652. The van der Waals surface area contributed by atoms with Gasteiger partial charge in [-0.25, -0.2) is 0 Å². The summed E-state index contributed by atoms with van der Waals surface area (Å²) in [5, 5.41) is 11.1. The Balaban J connectivity index is 2.07. The Hall–Kier alpha value is -3.61. The first-order valence-electron chi connectivity index (χ1n) is 8.33. The van der Waals surface area contributed by atoms with Gasteiger partial charge in [0.2, 0.25) is 5.75 Å². The van der Waals surface area contributed by atoms with Crippen molar-refractivity contribution < 1.29 is 33.3 Å². The van der Waals surface area contributed by atoms with Gasteiger partial charge < -0.3 is 28.5 Å². The van der Waals surface area contributed by atoms with Crippen LogP contribution in [0.15, 0.2) is 41.0 Å². The van der Waals surface area contributed by atoms with Gasteiger partial charge in [0.05, 0.1) is 40.1 Å². The van der Waals surface area contributed by atoms with Crippen LogP contribution in [0.5, 0.6) is 28.7 Å². The monoisotopic (exact) mass is 384 g/mol. The zero-order chi connectivity index (χ0) is 20.3. The maximum atomic E-state index is 12.9. The van der Waals surface area contributed by atoms with Gasteiger partial charge in [0, 0.05) is 6.07 Å². The highest BCUT2D eigenvalue weighted by molar-refractivity contribution is 6.15. The van der Waals surface area contributed by atoms with Crippen LogP contribution in [-0.2, 0) is 0 Å². The van der Waals surface area contributed by atoms with Crippen LogP contribution in [0, 0.1) is 0 Å². The number of benzene rings is 2. The lowest BCUT2D eigenvalue weighted by atomic mass is 10.0. The minimum atomic E-state index is -0.461. The lowest BCUT2D eigenvalue weighted by Crippen LogP contribution is -2.02. The first-order chi connectivity index (χ1) is 13.5. The Kier molecular flexibility index (Phi) is 5.44. The molecule has 2 aromatic carbocycles. The second-order valence-electron chi connectivity index (χ2n) is 5.80. The summed E-state index contributed by atoms with van der Waals surface area (Å²) in [7, 11) is 5.89. The van der Waals surface area contributed by atoms with Crippen LogP contribution in [0.25, 0.3) is 17.0 Å². The fourth-order valence-corrected chi connectivity index (χ4v) is 2.94. The molecule has 0 unspecified atom stereocenters. The summed E-state index contributed by atoms with van der Waals surface area (Å²) in [4.78, 5) is 12.9. The maximum absolute atomic E-state index is 12.9. The van der Waals surface area contributed by atoms with Crippen LogP contribution in [0.1, 0.15) is 15.9 Å². The lowest BCUT2D eigenvalue weighted by molar-refractivity contribution is 0.104. The van der Waals surface area contributed by atoms with Crippen molar-refractivity contribution in [3.05, 3.63) is 47.7 Å². The van der Waals surface area contributed by atoms with E-state index in [1.807, 2.05) is 0 Å². The van der Waals surface area contributed by atoms with E-state index in [1.54, 1.807) is 44.6 Å². The molecule has 0 aliphatic heterocycles. The summed E-state index contributed by atoms with van der Waals surface area (Å²) >= 11 is 0. The van der Waals surface area contributed by atoms with Crippen molar-refractivity contribution in [2.75, 3.05) is 28.4 Å². The number of phenolic OH excluding ortho intramolecular Hbond substituents is 1. The molecule has 0 atom stereocenters. The van der Waals surface area contributed by atoms with E-state index in [0.717, 1.165) is 0 Å². The third kappa shape index (κ3) is 3.34. The molecule has 1 heterocycles. The molecule has 0 saturated heterocycles. The van der Waals surface area contributed by atoms with Gasteiger partial charge in [0.1, 0.15) is 22.8 Å². The molecule has 0 aliphatic carbocycles. The molecule has 1 aromatic heterocycles. The minimum Gasteiger partial charge on any atom is -0.504 e. The van der Waals surface area contributed by atoms with Crippen molar-refractivity contribution >= 4 is 22.8 Å². The molecule has 3 aromatic rings. The zero-order valence-electron chi connectivity index (χ0n) is 15.9. The number of fused-ring (bicyclic) bond motifs is 1. The van der Waals surface area contributed by atoms with Crippen molar-refractivity contribution in [1.29, 1.82) is 0 Å². The molecule has 1 N–H and O–H groups in total. The van der Waals surface area contributed by atoms with E-state index in [2.05, 4.69) is 0 Å². The second kappa shape index (κ2) is 7.96. The Labute approximate surface area is 161 Å². The first-order valence-corrected chi connectivity index (χ1v) is 8.33. The van der Waals surface area contributed by atoms with Crippen molar-refractivity contribution in [1.82, 2.24) is 0 Å². The second-order valence-corrected chi connectivity index (χ2v) is 5.80. The molecule has 7 nitrogen and oxygen atoms in total. The predicted octanol–water partition coefficient (Wildman–Crippen LogP) is 4.07. The van der Waals surface area contributed by atoms with Gasteiger partial charge in [0.25, 0.3) is 0 Å². The number of furan rings is 1. The number of phenols is 1. The van der Waals surface area contributed by atoms with Crippen LogP contribution in [0.4, 0.5) is 0 Å². The van der Waals surface area contributed by atoms with Crippen LogP contribution in [-0.4, -0.2) is 39.3 Å². The molecule has 0 saturated carbocycles. The molecule has 28 heavy (non-hydrogen) atoms. The average Bonchev–Trinajstić information content (AvgIpc) is 3.20. The van der Waals surface area contributed by atoms with Crippen molar-refractivity contribution in [3.8, 4) is 28.7 Å². The van der Waals surface area contributed by atoms with Gasteiger partial charge in [-0.05, 0) is 29.8 Å². The highest BCUT2D eigenvalue weighted by Gasteiger charge is 2.26. The van der Waals surface area contributed by atoms with Gasteiger partial charge >= 0.3 is 0 Å². The standard InChI is InChI=1S/C21H20O7/c1-24-13-9-12(10-14(11-13)25-2)5-6-16(22)17-18(23)21(27-4)20-15(7-8-28-20)19(17)26-3/h5-11,23H,1-4H3/b6-5+. The van der Waals surface area contributed by atoms with E-state index in [-0.39, 0.29) is 22.8 Å². The Morgan fingerprint density at radius 2 is 1.61 bits per heavy atom. The quantitative estimate of drug-likeness (QED) is 0.485. The van der Waals surface area contributed by atoms with Crippen LogP contribution in [0.2, 0.25) is 0 Å². The van der Waals surface area contributed by atoms with E-state index in [1.165, 1.54) is 26.6 Å². The number of methoxy groups -OCH3 is 4. The number of carbonyl (C=O) groups is 1. The molecule has 7 heteroatoms. The molecule has 0 spiro atoms. The van der Waals surface area contributed by atoms with E-state index in [0.29, 0.717) is 28.0 Å². The van der Waals surface area contributed by atoms with E-state index in [4.69, 9.17) is 23.4 Å². The normalized spacial score (nSPS) is 11.0. The fourth-order valence-electron chi connectivity index (χ4n) is 2.94. The molecule has 3 rings (SSSR count). The molecule has 0 fully saturated rings. The summed E-state index contributed by atoms with van der Waals surface area (Å²) in [6.07, 6.45) is 4.36. The molecular formula is C21H20O7. The molecule has 146 valence electrons. The van der Waals surface area contributed by atoms with Gasteiger partial charge in [0.15, 0.2) is 17.1 Å². The maximum Gasteiger partial charge on any atom is 0.205 e. The van der Waals surface area contributed by atoms with Crippen molar-refractivity contribution in [3.63, 3.8) is 0 Å². The topological polar surface area (TPSA) is 87.4 Å². The number of hydrogen-bond donors (Lipinski definition) is 1. The van der Waals surface area contributed by atoms with Gasteiger partial charge in [-0.3, -0.25) is 4.79 Å². The van der Waals surface area contributed by atoms with Crippen molar-refractivity contribution in [2.45, 2.75) is 0 Å². The Morgan fingerprint density at radius 1 is 0.964 bits per heavy atom. The highest BCUT2D eigenvalue weighted by Crippen LogP contribution is 2.45. The number of allylic oxidation sites excluding steroid dienone is 1. The molecule has 0 amide bonds. The first kappa shape index (κ1) is 19.2. The van der Waals surface area contributed by atoms with E-state index >= 15 is 0 Å². The highest BCUT2D eigenvalue weighted by atomic mass is 16.5. The zero-order valence-corrected chi connectivity index (χ0v) is 15.9. The summed E-state index contributed by atoms with van der Waals surface area (Å²) in [6, 6.07) is 6.88. The third-order valence-electron chi connectivity index (χ3n) is 4.25. The number of ether oxygens (including phenoxy) is 4. The Bertz CT molecular complexity index is 1020. The smallest absolute Gasteiger partial charge is 0.205 e. The summed E-state index contributed by atoms with van der Waals surface area (Å²) in [6.45, 7) is 0. The van der Waals surface area contributed by atoms with Gasteiger partial charge in [-0.15, -0.1) is 0 Å². The molecule has 0 aliphatic rings. The van der Waals surface area contributed by atoms with Gasteiger partial charge in [-0.2, -0.15) is 0 Å². The third-order valence-corrected chi connectivity index (χ3v) is 4.25. The fraction of sp³-hybridized carbons (Fsp3) is 0.190. The SMILES string of the molecule is COc1cc(/C=C/C(=O)c2c(O)c(OC)c3occc3c2OC)cc(OC)c1. The lowest BCUT2D eigenvalue weighted by Gasteiger charge is -2.13. The number of carbonyl (C=O) groups excluding carboxylic acids is 1. The number of hydrogen-bond acceptors (Lipinski definition) is 7. The van der Waals surface area contributed by atoms with E-state index < -0.39 is 5.78 Å². The van der Waals surface area contributed by atoms with Crippen LogP contribution in [0.3, 0.4) is 0 Å². The predicted molar refractivity (Wildman–Crippen MR) is 104 cm³/mol. The van der Waals surface area contributed by atoms with Gasteiger partial charge in [-0.1, -0.05) is 6.08 Å². The van der Waals surface area contributed by atoms with Crippen LogP contribution >= 0.6 is 0 Å². The summed E-state index contributed by atoms with van der Waals surface area (Å²) < 4.78 is 26.4. The average molecular weight is 384 g/mol. The largest absolute Gasteiger partial charge is 0.504 e. The number of aromatic hydroxyl groups is 1. The van der Waals surface area contributed by atoms with Crippen LogP contribution < -0.4 is 18.9 Å². The summed E-state index contributed by atoms with van der Waals surface area (Å²) in [5.41, 5.74) is 0.980. The minimum absolute atomic E-state index is 0.0145. The number of rotatable bonds is 7.